The lowest BCUT2D eigenvalue weighted by molar-refractivity contribution is 0.433. The lowest BCUT2D eigenvalue weighted by Crippen LogP contribution is -1.97. The Morgan fingerprint density at radius 3 is 2.41 bits per heavy atom. The average Bonchev–Trinajstić information content (AvgIpc) is 2.29. The van der Waals surface area contributed by atoms with Crippen molar-refractivity contribution in [2.45, 2.75) is 13.8 Å². The maximum atomic E-state index is 12.6. The first-order chi connectivity index (χ1) is 8.06. The monoisotopic (exact) mass is 233 g/mol. The number of anilines is 1. The third kappa shape index (κ3) is 2.50. The van der Waals surface area contributed by atoms with Crippen LogP contribution in [0.5, 0.6) is 11.8 Å². The second kappa shape index (κ2) is 4.37. The Morgan fingerprint density at radius 2 is 1.76 bits per heavy atom. The molecule has 2 rings (SSSR count). The van der Waals surface area contributed by atoms with Crippen LogP contribution in [0.3, 0.4) is 0 Å². The van der Waals surface area contributed by atoms with Crippen LogP contribution in [0.2, 0.25) is 0 Å². The fourth-order valence-corrected chi connectivity index (χ4v) is 1.41. The molecular weight excluding hydrogens is 221 g/mol. The third-order valence-electron chi connectivity index (χ3n) is 2.36. The molecule has 0 bridgehead atoms. The van der Waals surface area contributed by atoms with Crippen LogP contribution in [0.4, 0.5) is 10.1 Å². The van der Waals surface area contributed by atoms with Crippen LogP contribution in [0.1, 0.15) is 11.1 Å². The predicted molar refractivity (Wildman–Crippen MR) is 62.4 cm³/mol. The minimum absolute atomic E-state index is 0.0951. The van der Waals surface area contributed by atoms with Crippen LogP contribution >= 0.6 is 0 Å². The van der Waals surface area contributed by atoms with E-state index in [1.54, 1.807) is 6.07 Å². The number of nitrogen functional groups attached to an aromatic ring is 1. The van der Waals surface area contributed by atoms with Gasteiger partial charge in [-0.25, -0.2) is 14.4 Å². The third-order valence-corrected chi connectivity index (χ3v) is 2.36. The predicted octanol–water partition coefficient (Wildman–Crippen LogP) is 2.61. The smallest absolute Gasteiger partial charge is 0.322 e. The molecule has 4 nitrogen and oxygen atoms in total. The summed E-state index contributed by atoms with van der Waals surface area (Å²) >= 11 is 0. The number of hydrogen-bond acceptors (Lipinski definition) is 4. The van der Waals surface area contributed by atoms with Crippen molar-refractivity contribution in [3.8, 4) is 11.8 Å². The minimum atomic E-state index is -0.502. The van der Waals surface area contributed by atoms with Gasteiger partial charge >= 0.3 is 6.01 Å². The van der Waals surface area contributed by atoms with Gasteiger partial charge in [0, 0.05) is 11.8 Å². The molecule has 1 heterocycles. The summed E-state index contributed by atoms with van der Waals surface area (Å²) < 4.78 is 18.1. The highest BCUT2D eigenvalue weighted by atomic mass is 19.1. The Kier molecular flexibility index (Phi) is 2.91. The Balaban J connectivity index is 2.30. The number of aryl methyl sites for hydroxylation is 2. The Labute approximate surface area is 98.3 Å². The topological polar surface area (TPSA) is 61.0 Å². The first-order valence-corrected chi connectivity index (χ1v) is 5.08. The van der Waals surface area contributed by atoms with Crippen LogP contribution in [0, 0.1) is 19.7 Å². The molecule has 0 atom stereocenters. The van der Waals surface area contributed by atoms with Crippen LogP contribution in [0.25, 0.3) is 0 Å². The lowest BCUT2D eigenvalue weighted by atomic mass is 10.1. The quantitative estimate of drug-likeness (QED) is 0.810. The number of nitrogens with two attached hydrogens (primary N) is 1. The van der Waals surface area contributed by atoms with E-state index in [0.717, 1.165) is 23.5 Å². The van der Waals surface area contributed by atoms with E-state index in [1.165, 1.54) is 0 Å². The van der Waals surface area contributed by atoms with E-state index >= 15 is 0 Å². The van der Waals surface area contributed by atoms with Crippen molar-refractivity contribution >= 4 is 5.69 Å². The van der Waals surface area contributed by atoms with Crippen molar-refractivity contribution in [3.63, 3.8) is 0 Å². The number of ether oxygens (including phenoxy) is 1. The first-order valence-electron chi connectivity index (χ1n) is 5.08. The van der Waals surface area contributed by atoms with Gasteiger partial charge in [0.25, 0.3) is 0 Å². The molecule has 0 aliphatic heterocycles. The van der Waals surface area contributed by atoms with Crippen molar-refractivity contribution in [2.24, 2.45) is 0 Å². The highest BCUT2D eigenvalue weighted by Crippen LogP contribution is 2.27. The zero-order valence-corrected chi connectivity index (χ0v) is 9.57. The fourth-order valence-electron chi connectivity index (χ4n) is 1.41. The number of nitrogens with zero attached hydrogens (tertiary/aromatic N) is 2. The van der Waals surface area contributed by atoms with Crippen molar-refractivity contribution in [3.05, 3.63) is 41.5 Å². The SMILES string of the molecule is Cc1cc(C)c(Oc2ncc(F)cn2)cc1N. The van der Waals surface area contributed by atoms with Gasteiger partial charge in [0.1, 0.15) is 5.75 Å². The molecule has 2 N–H and O–H groups in total. The molecule has 1 aromatic carbocycles. The number of benzene rings is 1. The molecular formula is C12H12FN3O. The largest absolute Gasteiger partial charge is 0.424 e. The molecule has 2 aromatic rings. The van der Waals surface area contributed by atoms with E-state index < -0.39 is 5.82 Å². The maximum Gasteiger partial charge on any atom is 0.322 e. The number of hydrogen-bond donors (Lipinski definition) is 1. The van der Waals surface area contributed by atoms with Gasteiger partial charge in [-0.05, 0) is 25.0 Å². The molecule has 0 saturated carbocycles. The molecule has 0 aliphatic carbocycles. The second-order valence-electron chi connectivity index (χ2n) is 3.76. The molecule has 88 valence electrons. The zero-order chi connectivity index (χ0) is 12.4. The van der Waals surface area contributed by atoms with Gasteiger partial charge in [-0.15, -0.1) is 0 Å². The lowest BCUT2D eigenvalue weighted by Gasteiger charge is -2.09. The van der Waals surface area contributed by atoms with Crippen molar-refractivity contribution in [1.29, 1.82) is 0 Å². The zero-order valence-electron chi connectivity index (χ0n) is 9.57. The van der Waals surface area contributed by atoms with E-state index in [9.17, 15) is 4.39 Å². The van der Waals surface area contributed by atoms with Gasteiger partial charge in [-0.2, -0.15) is 0 Å². The van der Waals surface area contributed by atoms with Crippen LogP contribution in [0.15, 0.2) is 24.5 Å². The summed E-state index contributed by atoms with van der Waals surface area (Å²) in [4.78, 5) is 7.44. The minimum Gasteiger partial charge on any atom is -0.424 e. The molecule has 0 radical (unpaired) electrons. The van der Waals surface area contributed by atoms with Crippen LogP contribution < -0.4 is 10.5 Å². The van der Waals surface area contributed by atoms with Crippen LogP contribution in [-0.2, 0) is 0 Å². The second-order valence-corrected chi connectivity index (χ2v) is 3.76. The molecule has 5 heteroatoms. The van der Waals surface area contributed by atoms with Gasteiger partial charge in [-0.1, -0.05) is 6.07 Å². The van der Waals surface area contributed by atoms with E-state index in [1.807, 2.05) is 19.9 Å². The number of aromatic nitrogens is 2. The molecule has 17 heavy (non-hydrogen) atoms. The molecule has 0 unspecified atom stereocenters. The molecule has 0 amide bonds. The molecule has 0 saturated heterocycles. The summed E-state index contributed by atoms with van der Waals surface area (Å²) in [5.74, 6) is 0.0669. The Bertz CT molecular complexity index is 540. The number of rotatable bonds is 2. The summed E-state index contributed by atoms with van der Waals surface area (Å²) in [5.41, 5.74) is 8.32. The summed E-state index contributed by atoms with van der Waals surface area (Å²) in [5, 5.41) is 0. The summed E-state index contributed by atoms with van der Waals surface area (Å²) in [6, 6.07) is 3.71. The Morgan fingerprint density at radius 1 is 1.12 bits per heavy atom. The van der Waals surface area contributed by atoms with E-state index in [2.05, 4.69) is 9.97 Å². The van der Waals surface area contributed by atoms with Gasteiger partial charge in [0.15, 0.2) is 5.82 Å². The van der Waals surface area contributed by atoms with E-state index in [-0.39, 0.29) is 6.01 Å². The van der Waals surface area contributed by atoms with Crippen molar-refractivity contribution in [1.82, 2.24) is 9.97 Å². The van der Waals surface area contributed by atoms with Crippen LogP contribution in [-0.4, -0.2) is 9.97 Å². The van der Waals surface area contributed by atoms with Gasteiger partial charge in [0.2, 0.25) is 0 Å². The summed E-state index contributed by atoms with van der Waals surface area (Å²) in [6.45, 7) is 3.81. The van der Waals surface area contributed by atoms with Gasteiger partial charge < -0.3 is 10.5 Å². The van der Waals surface area contributed by atoms with Crippen molar-refractivity contribution < 1.29 is 9.13 Å². The number of halogens is 1. The highest BCUT2D eigenvalue weighted by Gasteiger charge is 2.06. The maximum absolute atomic E-state index is 12.6. The first kappa shape index (κ1) is 11.3. The molecule has 0 fully saturated rings. The fraction of sp³-hybridized carbons (Fsp3) is 0.167. The average molecular weight is 233 g/mol. The summed E-state index contributed by atoms with van der Waals surface area (Å²) in [7, 11) is 0. The standard InChI is InChI=1S/C12H12FN3O/c1-7-3-8(2)11(4-10(7)14)17-12-15-5-9(13)6-16-12/h3-6H,14H2,1-2H3. The molecule has 0 spiro atoms. The Hall–Kier alpha value is -2.17. The highest BCUT2D eigenvalue weighted by molar-refractivity contribution is 5.54. The van der Waals surface area contributed by atoms with Gasteiger partial charge in [-0.3, -0.25) is 0 Å². The molecule has 1 aromatic heterocycles. The van der Waals surface area contributed by atoms with E-state index in [4.69, 9.17) is 10.5 Å². The molecule has 0 aliphatic rings. The van der Waals surface area contributed by atoms with E-state index in [0.29, 0.717) is 11.4 Å². The van der Waals surface area contributed by atoms with Gasteiger partial charge in [0.05, 0.1) is 12.4 Å². The summed E-state index contributed by atoms with van der Waals surface area (Å²) in [6.07, 6.45) is 2.10. The van der Waals surface area contributed by atoms with Crippen molar-refractivity contribution in [2.75, 3.05) is 5.73 Å². The normalized spacial score (nSPS) is 10.3.